The first kappa shape index (κ1) is 14.5. The number of benzene rings is 1. The van der Waals surface area contributed by atoms with Gasteiger partial charge in [0.15, 0.2) is 0 Å². The van der Waals surface area contributed by atoms with Crippen molar-refractivity contribution in [1.82, 2.24) is 10.2 Å². The summed E-state index contributed by atoms with van der Waals surface area (Å²) in [5.41, 5.74) is 1.38. The summed E-state index contributed by atoms with van der Waals surface area (Å²) in [5, 5.41) is 3.72. The van der Waals surface area contributed by atoms with Crippen LogP contribution in [-0.4, -0.2) is 30.6 Å². The SMILES string of the molecule is CC(NCC(C(C)C)N1CCCC1)c1ccccc1. The number of nitrogens with zero attached hydrogens (tertiary/aromatic N) is 1. The lowest BCUT2D eigenvalue weighted by atomic mass is 10.0. The Balaban J connectivity index is 1.88. The van der Waals surface area contributed by atoms with Gasteiger partial charge in [0, 0.05) is 18.6 Å². The summed E-state index contributed by atoms with van der Waals surface area (Å²) in [5.74, 6) is 0.716. The van der Waals surface area contributed by atoms with Crippen molar-refractivity contribution in [2.45, 2.75) is 45.7 Å². The molecule has 2 unspecified atom stereocenters. The van der Waals surface area contributed by atoms with E-state index in [0.29, 0.717) is 18.0 Å². The van der Waals surface area contributed by atoms with Gasteiger partial charge < -0.3 is 5.32 Å². The third kappa shape index (κ3) is 4.05. The van der Waals surface area contributed by atoms with Crippen molar-refractivity contribution in [3.05, 3.63) is 35.9 Å². The van der Waals surface area contributed by atoms with Crippen LogP contribution in [-0.2, 0) is 0 Å². The molecule has 1 fully saturated rings. The Kier molecular flexibility index (Phi) is 5.41. The third-order valence-electron chi connectivity index (χ3n) is 4.31. The molecule has 2 nitrogen and oxygen atoms in total. The molecule has 1 N–H and O–H groups in total. The van der Waals surface area contributed by atoms with Crippen LogP contribution in [0, 0.1) is 5.92 Å². The second kappa shape index (κ2) is 7.06. The highest BCUT2D eigenvalue weighted by Crippen LogP contribution is 2.18. The summed E-state index contributed by atoms with van der Waals surface area (Å²) in [7, 11) is 0. The van der Waals surface area contributed by atoms with Gasteiger partial charge in [-0.2, -0.15) is 0 Å². The van der Waals surface area contributed by atoms with Crippen molar-refractivity contribution in [2.75, 3.05) is 19.6 Å². The Bertz CT molecular complexity index is 355. The topological polar surface area (TPSA) is 15.3 Å². The smallest absolute Gasteiger partial charge is 0.0292 e. The Morgan fingerprint density at radius 1 is 1.05 bits per heavy atom. The minimum absolute atomic E-state index is 0.435. The Morgan fingerprint density at radius 3 is 2.26 bits per heavy atom. The minimum Gasteiger partial charge on any atom is -0.309 e. The molecule has 1 aromatic carbocycles. The molecule has 0 aliphatic carbocycles. The zero-order chi connectivity index (χ0) is 13.7. The average molecular weight is 260 g/mol. The zero-order valence-corrected chi connectivity index (χ0v) is 12.6. The van der Waals surface area contributed by atoms with E-state index < -0.39 is 0 Å². The quantitative estimate of drug-likeness (QED) is 0.842. The fraction of sp³-hybridized carbons (Fsp3) is 0.647. The van der Waals surface area contributed by atoms with Crippen molar-refractivity contribution in [2.24, 2.45) is 5.92 Å². The number of hydrogen-bond donors (Lipinski definition) is 1. The number of rotatable bonds is 6. The molecule has 2 atom stereocenters. The average Bonchev–Trinajstić information content (AvgIpc) is 2.93. The number of likely N-dealkylation sites (tertiary alicyclic amines) is 1. The summed E-state index contributed by atoms with van der Waals surface area (Å²) < 4.78 is 0. The van der Waals surface area contributed by atoms with E-state index in [4.69, 9.17) is 0 Å². The summed E-state index contributed by atoms with van der Waals surface area (Å²) in [4.78, 5) is 2.66. The second-order valence-corrected chi connectivity index (χ2v) is 6.10. The van der Waals surface area contributed by atoms with Gasteiger partial charge in [-0.1, -0.05) is 44.2 Å². The molecule has 0 saturated carbocycles. The lowest BCUT2D eigenvalue weighted by molar-refractivity contribution is 0.183. The van der Waals surface area contributed by atoms with E-state index >= 15 is 0 Å². The lowest BCUT2D eigenvalue weighted by Gasteiger charge is -2.32. The van der Waals surface area contributed by atoms with Crippen LogP contribution < -0.4 is 5.32 Å². The molecule has 2 rings (SSSR count). The monoisotopic (exact) mass is 260 g/mol. The second-order valence-electron chi connectivity index (χ2n) is 6.10. The van der Waals surface area contributed by atoms with Crippen molar-refractivity contribution >= 4 is 0 Å². The molecule has 0 bridgehead atoms. The molecule has 106 valence electrons. The molecule has 0 radical (unpaired) electrons. The standard InChI is InChI=1S/C17H28N2/c1-14(2)17(19-11-7-8-12-19)13-18-15(3)16-9-5-4-6-10-16/h4-6,9-10,14-15,17-18H,7-8,11-13H2,1-3H3. The van der Waals surface area contributed by atoms with Crippen LogP contribution in [0.2, 0.25) is 0 Å². The Labute approximate surface area is 118 Å². The molecular weight excluding hydrogens is 232 g/mol. The molecular formula is C17H28N2. The fourth-order valence-corrected chi connectivity index (χ4v) is 3.02. The minimum atomic E-state index is 0.435. The van der Waals surface area contributed by atoms with E-state index in [1.807, 2.05) is 0 Å². The van der Waals surface area contributed by atoms with Gasteiger partial charge in [0.25, 0.3) is 0 Å². The highest BCUT2D eigenvalue weighted by molar-refractivity contribution is 5.18. The maximum atomic E-state index is 3.72. The molecule has 0 aromatic heterocycles. The molecule has 1 saturated heterocycles. The Hall–Kier alpha value is -0.860. The normalized spacial score (nSPS) is 19.8. The van der Waals surface area contributed by atoms with Crippen molar-refractivity contribution < 1.29 is 0 Å². The molecule has 19 heavy (non-hydrogen) atoms. The summed E-state index contributed by atoms with van der Waals surface area (Å²) in [6.45, 7) is 10.6. The van der Waals surface area contributed by atoms with Crippen LogP contribution in [0.4, 0.5) is 0 Å². The van der Waals surface area contributed by atoms with Gasteiger partial charge in [-0.15, -0.1) is 0 Å². The highest BCUT2D eigenvalue weighted by Gasteiger charge is 2.24. The van der Waals surface area contributed by atoms with E-state index in [1.165, 1.54) is 31.5 Å². The van der Waals surface area contributed by atoms with Crippen LogP contribution in [0.15, 0.2) is 30.3 Å². The molecule has 1 aromatic rings. The van der Waals surface area contributed by atoms with Gasteiger partial charge >= 0.3 is 0 Å². The van der Waals surface area contributed by atoms with Crippen LogP contribution >= 0.6 is 0 Å². The largest absolute Gasteiger partial charge is 0.309 e. The van der Waals surface area contributed by atoms with Crippen LogP contribution in [0.5, 0.6) is 0 Å². The number of hydrogen-bond acceptors (Lipinski definition) is 2. The molecule has 0 amide bonds. The molecule has 1 heterocycles. The van der Waals surface area contributed by atoms with Gasteiger partial charge in [0.1, 0.15) is 0 Å². The summed E-state index contributed by atoms with van der Waals surface area (Å²) in [6, 6.07) is 11.8. The molecule has 2 heteroatoms. The van der Waals surface area contributed by atoms with E-state index in [2.05, 4.69) is 61.3 Å². The van der Waals surface area contributed by atoms with Gasteiger partial charge in [-0.3, -0.25) is 4.90 Å². The Morgan fingerprint density at radius 2 is 1.68 bits per heavy atom. The van der Waals surface area contributed by atoms with E-state index in [-0.39, 0.29) is 0 Å². The lowest BCUT2D eigenvalue weighted by Crippen LogP contribution is -2.44. The van der Waals surface area contributed by atoms with Crippen molar-refractivity contribution in [3.8, 4) is 0 Å². The first-order chi connectivity index (χ1) is 9.18. The fourth-order valence-electron chi connectivity index (χ4n) is 3.02. The van der Waals surface area contributed by atoms with Gasteiger partial charge in [-0.05, 0) is 44.3 Å². The van der Waals surface area contributed by atoms with E-state index in [9.17, 15) is 0 Å². The van der Waals surface area contributed by atoms with E-state index in [1.54, 1.807) is 0 Å². The van der Waals surface area contributed by atoms with Crippen LogP contribution in [0.3, 0.4) is 0 Å². The number of nitrogens with one attached hydrogen (secondary N) is 1. The molecule has 1 aliphatic heterocycles. The first-order valence-electron chi connectivity index (χ1n) is 7.71. The predicted octanol–water partition coefficient (Wildman–Crippen LogP) is 3.46. The molecule has 0 spiro atoms. The van der Waals surface area contributed by atoms with Crippen LogP contribution in [0.25, 0.3) is 0 Å². The predicted molar refractivity (Wildman–Crippen MR) is 82.3 cm³/mol. The van der Waals surface area contributed by atoms with Gasteiger partial charge in [0.2, 0.25) is 0 Å². The van der Waals surface area contributed by atoms with Crippen molar-refractivity contribution in [1.29, 1.82) is 0 Å². The van der Waals surface area contributed by atoms with Gasteiger partial charge in [0.05, 0.1) is 0 Å². The van der Waals surface area contributed by atoms with Crippen molar-refractivity contribution in [3.63, 3.8) is 0 Å². The third-order valence-corrected chi connectivity index (χ3v) is 4.31. The molecule has 1 aliphatic rings. The van der Waals surface area contributed by atoms with E-state index in [0.717, 1.165) is 6.54 Å². The van der Waals surface area contributed by atoms with Crippen LogP contribution in [0.1, 0.15) is 45.2 Å². The first-order valence-corrected chi connectivity index (χ1v) is 7.71. The summed E-state index contributed by atoms with van der Waals surface area (Å²) in [6.07, 6.45) is 2.74. The van der Waals surface area contributed by atoms with Gasteiger partial charge in [-0.25, -0.2) is 0 Å². The maximum absolute atomic E-state index is 3.72. The highest BCUT2D eigenvalue weighted by atomic mass is 15.2. The maximum Gasteiger partial charge on any atom is 0.0292 e. The zero-order valence-electron chi connectivity index (χ0n) is 12.6. The summed E-state index contributed by atoms with van der Waals surface area (Å²) >= 11 is 0.